The summed E-state index contributed by atoms with van der Waals surface area (Å²) in [4.78, 5) is 2.12. The van der Waals surface area contributed by atoms with Crippen molar-refractivity contribution >= 4 is 5.69 Å². The molecule has 0 unspecified atom stereocenters. The number of rotatable bonds is 3. The summed E-state index contributed by atoms with van der Waals surface area (Å²) in [6.07, 6.45) is 12.6. The van der Waals surface area contributed by atoms with Crippen molar-refractivity contribution in [1.82, 2.24) is 0 Å². The summed E-state index contributed by atoms with van der Waals surface area (Å²) in [6, 6.07) is 8.89. The maximum Gasteiger partial charge on any atom is 0.171 e. The quantitative estimate of drug-likeness (QED) is 0.471. The Morgan fingerprint density at radius 2 is 1.78 bits per heavy atom. The van der Waals surface area contributed by atoms with Crippen molar-refractivity contribution in [1.29, 1.82) is 0 Å². The van der Waals surface area contributed by atoms with E-state index in [9.17, 15) is 10.2 Å². The molecule has 4 fully saturated rings. The van der Waals surface area contributed by atoms with Crippen LogP contribution in [0.25, 0.3) is 0 Å². The highest BCUT2D eigenvalue weighted by Gasteiger charge is 2.64. The van der Waals surface area contributed by atoms with Crippen molar-refractivity contribution in [3.8, 4) is 12.3 Å². The Balaban J connectivity index is 1.47. The highest BCUT2D eigenvalue weighted by molar-refractivity contribution is 5.50. The molecule has 5 nitrogen and oxygen atoms in total. The van der Waals surface area contributed by atoms with Crippen LogP contribution in [0.3, 0.4) is 0 Å². The number of ether oxygens (including phenoxy) is 2. The van der Waals surface area contributed by atoms with Gasteiger partial charge in [-0.15, -0.1) is 12.3 Å². The molecule has 1 heterocycles. The van der Waals surface area contributed by atoms with Crippen LogP contribution >= 0.6 is 0 Å². The fourth-order valence-corrected chi connectivity index (χ4v) is 8.87. The number of terminal acetylenes is 1. The molecule has 0 amide bonds. The molecule has 5 heteroatoms. The minimum atomic E-state index is -0.877. The van der Waals surface area contributed by atoms with Gasteiger partial charge in [0, 0.05) is 50.4 Å². The number of allylic oxidation sites excluding steroid dienone is 1. The lowest BCUT2D eigenvalue weighted by Crippen LogP contribution is -2.55. The smallest absolute Gasteiger partial charge is 0.171 e. The van der Waals surface area contributed by atoms with Crippen LogP contribution < -0.4 is 4.90 Å². The van der Waals surface area contributed by atoms with Crippen molar-refractivity contribution in [2.45, 2.75) is 87.6 Å². The number of hydrogen-bond acceptors (Lipinski definition) is 5. The van der Waals surface area contributed by atoms with E-state index in [1.165, 1.54) is 22.4 Å². The average molecular weight is 492 g/mol. The summed E-state index contributed by atoms with van der Waals surface area (Å²) in [5.74, 6) is 3.08. The van der Waals surface area contributed by atoms with Crippen molar-refractivity contribution in [3.63, 3.8) is 0 Å². The van der Waals surface area contributed by atoms with Crippen LogP contribution in [0.1, 0.15) is 76.2 Å². The molecule has 6 atom stereocenters. The van der Waals surface area contributed by atoms with Gasteiger partial charge < -0.3 is 24.6 Å². The molecule has 0 bridgehead atoms. The van der Waals surface area contributed by atoms with Gasteiger partial charge in [0.25, 0.3) is 0 Å². The van der Waals surface area contributed by atoms with E-state index in [0.29, 0.717) is 37.9 Å². The second kappa shape index (κ2) is 8.33. The first kappa shape index (κ1) is 24.5. The van der Waals surface area contributed by atoms with Gasteiger partial charge in [0.1, 0.15) is 0 Å². The largest absolute Gasteiger partial charge is 0.388 e. The predicted octanol–water partition coefficient (Wildman–Crippen LogP) is 4.78. The number of hydrogen-bond donors (Lipinski definition) is 2. The molecule has 5 aliphatic rings. The summed E-state index contributed by atoms with van der Waals surface area (Å²) in [5.41, 5.74) is 3.18. The minimum absolute atomic E-state index is 0.163. The van der Waals surface area contributed by atoms with Gasteiger partial charge in [-0.05, 0) is 73.6 Å². The lowest BCUT2D eigenvalue weighted by molar-refractivity contribution is -0.208. The first-order valence-electron chi connectivity index (χ1n) is 13.8. The second-order valence-corrected chi connectivity index (χ2v) is 12.6. The summed E-state index contributed by atoms with van der Waals surface area (Å²) in [6.45, 7) is 3.51. The number of nitrogens with zero attached hydrogens (tertiary/aromatic N) is 1. The molecule has 1 aromatic carbocycles. The Labute approximate surface area is 215 Å². The topological polar surface area (TPSA) is 62.2 Å². The van der Waals surface area contributed by atoms with Gasteiger partial charge in [-0.2, -0.15) is 0 Å². The molecule has 1 spiro atoms. The van der Waals surface area contributed by atoms with Crippen LogP contribution in [-0.4, -0.2) is 54.5 Å². The zero-order valence-electron chi connectivity index (χ0n) is 22.1. The Hall–Kier alpha value is -1.84. The van der Waals surface area contributed by atoms with E-state index in [2.05, 4.69) is 56.1 Å². The van der Waals surface area contributed by atoms with Gasteiger partial charge in [-0.25, -0.2) is 0 Å². The summed E-state index contributed by atoms with van der Waals surface area (Å²) < 4.78 is 12.1. The normalized spacial score (nSPS) is 40.9. The third-order valence-corrected chi connectivity index (χ3v) is 10.8. The van der Waals surface area contributed by atoms with Crippen LogP contribution in [0.5, 0.6) is 0 Å². The molecule has 1 aromatic rings. The lowest BCUT2D eigenvalue weighted by atomic mass is 9.49. The Bertz CT molecular complexity index is 1100. The number of benzene rings is 1. The molecule has 194 valence electrons. The fourth-order valence-electron chi connectivity index (χ4n) is 8.87. The van der Waals surface area contributed by atoms with E-state index < -0.39 is 17.0 Å². The molecule has 6 rings (SSSR count). The highest BCUT2D eigenvalue weighted by Crippen LogP contribution is 2.68. The number of anilines is 1. The number of aliphatic hydroxyl groups is 2. The SMILES string of the molecule is C#CC[C@]1(O)CC[C@H]2[C@@H]3CC[C@@]4(O)CC5(CCC4=C3[C@@H](c3ccc(N(C)C)cc3)C[C@@]21C)OCCO5. The van der Waals surface area contributed by atoms with Crippen LogP contribution in [0.4, 0.5) is 5.69 Å². The molecular weight excluding hydrogens is 450 g/mol. The van der Waals surface area contributed by atoms with E-state index in [0.717, 1.165) is 44.9 Å². The summed E-state index contributed by atoms with van der Waals surface area (Å²) in [5, 5.41) is 24.0. The zero-order valence-corrected chi connectivity index (χ0v) is 22.1. The molecule has 2 N–H and O–H groups in total. The van der Waals surface area contributed by atoms with Crippen molar-refractivity contribution in [3.05, 3.63) is 41.0 Å². The second-order valence-electron chi connectivity index (χ2n) is 12.6. The molecule has 36 heavy (non-hydrogen) atoms. The van der Waals surface area contributed by atoms with E-state index >= 15 is 0 Å². The third-order valence-electron chi connectivity index (χ3n) is 10.8. The van der Waals surface area contributed by atoms with Crippen LogP contribution in [0, 0.1) is 29.6 Å². The fraction of sp³-hybridized carbons (Fsp3) is 0.677. The lowest BCUT2D eigenvalue weighted by Gasteiger charge is -2.57. The van der Waals surface area contributed by atoms with Gasteiger partial charge in [-0.3, -0.25) is 0 Å². The first-order chi connectivity index (χ1) is 17.1. The standard InChI is InChI=1S/C31H41NO4/c1-5-13-30(34)15-11-25-23-10-14-29(33)20-31(35-17-18-36-31)16-12-26(29)27(23)24(19-28(25,30)2)21-6-8-22(9-7-21)32(3)4/h1,6-9,23-25,33-34H,10-20H2,2-4H3/t23-,24+,25-,28-,29+,30-/m0/s1. The molecular formula is C31H41NO4. The van der Waals surface area contributed by atoms with Gasteiger partial charge >= 0.3 is 0 Å². The molecule has 1 saturated heterocycles. The van der Waals surface area contributed by atoms with Gasteiger partial charge in [-0.1, -0.05) is 24.6 Å². The molecule has 0 radical (unpaired) electrons. The first-order valence-corrected chi connectivity index (χ1v) is 13.8. The van der Waals surface area contributed by atoms with Crippen molar-refractivity contribution < 1.29 is 19.7 Å². The third kappa shape index (κ3) is 3.45. The van der Waals surface area contributed by atoms with Crippen molar-refractivity contribution in [2.24, 2.45) is 17.3 Å². The van der Waals surface area contributed by atoms with Gasteiger partial charge in [0.05, 0.1) is 24.4 Å². The Morgan fingerprint density at radius 3 is 2.44 bits per heavy atom. The van der Waals surface area contributed by atoms with Crippen LogP contribution in [0.2, 0.25) is 0 Å². The minimum Gasteiger partial charge on any atom is -0.388 e. The van der Waals surface area contributed by atoms with Crippen LogP contribution in [0.15, 0.2) is 35.4 Å². The maximum absolute atomic E-state index is 12.1. The maximum atomic E-state index is 12.1. The van der Waals surface area contributed by atoms with Gasteiger partial charge in [0.15, 0.2) is 5.79 Å². The van der Waals surface area contributed by atoms with E-state index in [4.69, 9.17) is 15.9 Å². The van der Waals surface area contributed by atoms with Crippen molar-refractivity contribution in [2.75, 3.05) is 32.2 Å². The van der Waals surface area contributed by atoms with E-state index in [-0.39, 0.29) is 11.3 Å². The predicted molar refractivity (Wildman–Crippen MR) is 141 cm³/mol. The average Bonchev–Trinajstić information content (AvgIpc) is 3.40. The van der Waals surface area contributed by atoms with Crippen LogP contribution in [-0.2, 0) is 9.47 Å². The Morgan fingerprint density at radius 1 is 1.06 bits per heavy atom. The molecule has 0 aromatic heterocycles. The van der Waals surface area contributed by atoms with Gasteiger partial charge in [0.2, 0.25) is 0 Å². The number of fused-ring (bicyclic) bond motifs is 4. The Kier molecular flexibility index (Phi) is 5.67. The van der Waals surface area contributed by atoms with E-state index in [1.54, 1.807) is 0 Å². The molecule has 3 saturated carbocycles. The monoisotopic (exact) mass is 491 g/mol. The molecule has 4 aliphatic carbocycles. The highest BCUT2D eigenvalue weighted by atomic mass is 16.7. The summed E-state index contributed by atoms with van der Waals surface area (Å²) >= 11 is 0. The zero-order chi connectivity index (χ0) is 25.3. The molecule has 1 aliphatic heterocycles. The summed E-state index contributed by atoms with van der Waals surface area (Å²) in [7, 11) is 4.12. The van der Waals surface area contributed by atoms with E-state index in [1.807, 2.05) is 0 Å².